The molecule has 1 atom stereocenters. The first-order valence-corrected chi connectivity index (χ1v) is 7.20. The van der Waals surface area contributed by atoms with Gasteiger partial charge in [-0.05, 0) is 31.0 Å². The second-order valence-corrected chi connectivity index (χ2v) is 5.59. The Balaban J connectivity index is 2.06. The first kappa shape index (κ1) is 13.1. The predicted molar refractivity (Wildman–Crippen MR) is 76.0 cm³/mol. The number of fused-ring (bicyclic) bond motifs is 1. The number of aryl methyl sites for hydroxylation is 1. The number of ketones is 1. The molecule has 4 heteroatoms. The Morgan fingerprint density at radius 2 is 2.28 bits per heavy atom. The normalized spacial score (nSPS) is 12.8. The molecule has 0 saturated heterocycles. The van der Waals surface area contributed by atoms with Gasteiger partial charge in [0.1, 0.15) is 5.78 Å². The third kappa shape index (κ3) is 2.93. The molecular formula is C14H18N2OS. The number of hydrogen-bond acceptors (Lipinski definition) is 3. The van der Waals surface area contributed by atoms with Gasteiger partial charge in [-0.3, -0.25) is 4.79 Å². The lowest BCUT2D eigenvalue weighted by atomic mass is 10.1. The molecule has 0 saturated carbocycles. The fourth-order valence-corrected chi connectivity index (χ4v) is 2.59. The standard InChI is InChI=1S/C14H18N2OS/c1-4-10(3)13(17)8-18-14-15-11-6-5-9(2)7-12(11)16-14/h5-7,10H,4,8H2,1-3H3,(H,15,16). The van der Waals surface area contributed by atoms with Gasteiger partial charge in [-0.25, -0.2) is 4.98 Å². The average molecular weight is 262 g/mol. The van der Waals surface area contributed by atoms with Gasteiger partial charge < -0.3 is 4.98 Å². The zero-order chi connectivity index (χ0) is 13.1. The molecule has 2 rings (SSSR count). The van der Waals surface area contributed by atoms with Crippen LogP contribution in [0, 0.1) is 12.8 Å². The Hall–Kier alpha value is -1.29. The number of nitrogens with zero attached hydrogens (tertiary/aromatic N) is 1. The van der Waals surface area contributed by atoms with Gasteiger partial charge in [-0.15, -0.1) is 0 Å². The summed E-state index contributed by atoms with van der Waals surface area (Å²) in [6, 6.07) is 6.12. The summed E-state index contributed by atoms with van der Waals surface area (Å²) in [7, 11) is 0. The fourth-order valence-electron chi connectivity index (χ4n) is 1.68. The molecule has 0 amide bonds. The summed E-state index contributed by atoms with van der Waals surface area (Å²) >= 11 is 1.49. The highest BCUT2D eigenvalue weighted by Gasteiger charge is 2.12. The van der Waals surface area contributed by atoms with Gasteiger partial charge in [0, 0.05) is 5.92 Å². The lowest BCUT2D eigenvalue weighted by Crippen LogP contribution is -2.12. The van der Waals surface area contributed by atoms with Crippen LogP contribution in [0.25, 0.3) is 11.0 Å². The number of rotatable bonds is 5. The molecule has 2 aromatic rings. The molecule has 96 valence electrons. The topological polar surface area (TPSA) is 45.8 Å². The SMILES string of the molecule is CCC(C)C(=O)CSc1nc2ccc(C)cc2[nH]1. The van der Waals surface area contributed by atoms with Crippen LogP contribution in [0.2, 0.25) is 0 Å². The van der Waals surface area contributed by atoms with Crippen LogP contribution in [0.15, 0.2) is 23.4 Å². The molecule has 0 fully saturated rings. The summed E-state index contributed by atoms with van der Waals surface area (Å²) in [4.78, 5) is 19.5. The summed E-state index contributed by atoms with van der Waals surface area (Å²) in [5.41, 5.74) is 3.20. The van der Waals surface area contributed by atoms with Crippen molar-refractivity contribution >= 4 is 28.6 Å². The molecule has 0 aliphatic carbocycles. The van der Waals surface area contributed by atoms with E-state index in [1.165, 1.54) is 17.3 Å². The van der Waals surface area contributed by atoms with Crippen molar-refractivity contribution in [3.05, 3.63) is 23.8 Å². The maximum absolute atomic E-state index is 11.8. The molecule has 1 unspecified atom stereocenters. The fraction of sp³-hybridized carbons (Fsp3) is 0.429. The van der Waals surface area contributed by atoms with E-state index in [4.69, 9.17) is 0 Å². The summed E-state index contributed by atoms with van der Waals surface area (Å²) in [5.74, 6) is 0.927. The van der Waals surface area contributed by atoms with Crippen LogP contribution in [0.1, 0.15) is 25.8 Å². The summed E-state index contributed by atoms with van der Waals surface area (Å²) in [6.07, 6.45) is 0.902. The zero-order valence-corrected chi connectivity index (χ0v) is 11.8. The van der Waals surface area contributed by atoms with Crippen molar-refractivity contribution in [1.82, 2.24) is 9.97 Å². The number of Topliss-reactive ketones (excluding diaryl/α,β-unsaturated/α-hetero) is 1. The molecule has 1 N–H and O–H groups in total. The van der Waals surface area contributed by atoms with Gasteiger partial charge in [0.05, 0.1) is 16.8 Å². The highest BCUT2D eigenvalue weighted by molar-refractivity contribution is 7.99. The Morgan fingerprint density at radius 1 is 1.50 bits per heavy atom. The number of imidazole rings is 1. The van der Waals surface area contributed by atoms with Gasteiger partial charge in [-0.2, -0.15) is 0 Å². The van der Waals surface area contributed by atoms with Crippen molar-refractivity contribution in [3.63, 3.8) is 0 Å². The van der Waals surface area contributed by atoms with E-state index >= 15 is 0 Å². The van der Waals surface area contributed by atoms with E-state index in [2.05, 4.69) is 23.0 Å². The second-order valence-electron chi connectivity index (χ2n) is 4.63. The van der Waals surface area contributed by atoms with Crippen LogP contribution >= 0.6 is 11.8 Å². The third-order valence-corrected chi connectivity index (χ3v) is 4.02. The first-order chi connectivity index (χ1) is 8.60. The number of hydrogen-bond donors (Lipinski definition) is 1. The number of H-pyrrole nitrogens is 1. The van der Waals surface area contributed by atoms with E-state index in [0.717, 1.165) is 22.6 Å². The van der Waals surface area contributed by atoms with Crippen LogP contribution in [0.3, 0.4) is 0 Å². The monoisotopic (exact) mass is 262 g/mol. The van der Waals surface area contributed by atoms with Crippen molar-refractivity contribution in [1.29, 1.82) is 0 Å². The summed E-state index contributed by atoms with van der Waals surface area (Å²) in [6.45, 7) is 6.07. The van der Waals surface area contributed by atoms with E-state index in [9.17, 15) is 4.79 Å². The number of aromatic amines is 1. The van der Waals surface area contributed by atoms with E-state index in [-0.39, 0.29) is 5.92 Å². The smallest absolute Gasteiger partial charge is 0.166 e. The minimum absolute atomic E-state index is 0.143. The van der Waals surface area contributed by atoms with Gasteiger partial charge in [0.15, 0.2) is 5.16 Å². The zero-order valence-electron chi connectivity index (χ0n) is 11.0. The number of benzene rings is 1. The van der Waals surface area contributed by atoms with Gasteiger partial charge >= 0.3 is 0 Å². The van der Waals surface area contributed by atoms with Crippen LogP contribution in [-0.2, 0) is 4.79 Å². The van der Waals surface area contributed by atoms with Crippen LogP contribution < -0.4 is 0 Å². The molecular weight excluding hydrogens is 244 g/mol. The molecule has 0 bridgehead atoms. The van der Waals surface area contributed by atoms with Crippen LogP contribution in [-0.4, -0.2) is 21.5 Å². The van der Waals surface area contributed by atoms with E-state index in [0.29, 0.717) is 11.5 Å². The quantitative estimate of drug-likeness (QED) is 0.838. The largest absolute Gasteiger partial charge is 0.333 e. The Labute approximate surface area is 111 Å². The van der Waals surface area contributed by atoms with Crippen molar-refractivity contribution < 1.29 is 4.79 Å². The Kier molecular flexibility index (Phi) is 4.07. The summed E-state index contributed by atoms with van der Waals surface area (Å²) < 4.78 is 0. The van der Waals surface area contributed by atoms with E-state index in [1.807, 2.05) is 26.0 Å². The number of carbonyl (C=O) groups is 1. The predicted octanol–water partition coefficient (Wildman–Crippen LogP) is 3.58. The number of thioether (sulfide) groups is 1. The second kappa shape index (κ2) is 5.57. The van der Waals surface area contributed by atoms with Gasteiger partial charge in [-0.1, -0.05) is 31.7 Å². The van der Waals surface area contributed by atoms with Crippen LogP contribution in [0.4, 0.5) is 0 Å². The number of carbonyl (C=O) groups excluding carboxylic acids is 1. The number of nitrogens with one attached hydrogen (secondary N) is 1. The van der Waals surface area contributed by atoms with Crippen molar-refractivity contribution in [2.45, 2.75) is 32.3 Å². The van der Waals surface area contributed by atoms with E-state index < -0.39 is 0 Å². The number of aromatic nitrogens is 2. The molecule has 0 aliphatic rings. The molecule has 0 radical (unpaired) electrons. The van der Waals surface area contributed by atoms with Gasteiger partial charge in [0.25, 0.3) is 0 Å². The lowest BCUT2D eigenvalue weighted by molar-refractivity contribution is -0.119. The minimum Gasteiger partial charge on any atom is -0.333 e. The molecule has 1 heterocycles. The van der Waals surface area contributed by atoms with Crippen molar-refractivity contribution in [2.24, 2.45) is 5.92 Å². The Bertz CT molecular complexity index is 562. The minimum atomic E-state index is 0.143. The third-order valence-electron chi connectivity index (χ3n) is 3.13. The molecule has 1 aromatic carbocycles. The van der Waals surface area contributed by atoms with Crippen molar-refractivity contribution in [2.75, 3.05) is 5.75 Å². The Morgan fingerprint density at radius 3 is 3.00 bits per heavy atom. The van der Waals surface area contributed by atoms with Crippen LogP contribution in [0.5, 0.6) is 0 Å². The maximum Gasteiger partial charge on any atom is 0.166 e. The molecule has 1 aromatic heterocycles. The molecule has 0 spiro atoms. The highest BCUT2D eigenvalue weighted by Crippen LogP contribution is 2.21. The first-order valence-electron chi connectivity index (χ1n) is 6.22. The van der Waals surface area contributed by atoms with Crippen molar-refractivity contribution in [3.8, 4) is 0 Å². The molecule has 0 aliphatic heterocycles. The average Bonchev–Trinajstić information content (AvgIpc) is 2.76. The summed E-state index contributed by atoms with van der Waals surface area (Å²) in [5, 5.41) is 0.826. The maximum atomic E-state index is 11.8. The highest BCUT2D eigenvalue weighted by atomic mass is 32.2. The molecule has 18 heavy (non-hydrogen) atoms. The van der Waals surface area contributed by atoms with E-state index in [1.54, 1.807) is 0 Å². The molecule has 3 nitrogen and oxygen atoms in total. The lowest BCUT2D eigenvalue weighted by Gasteiger charge is -2.04. The van der Waals surface area contributed by atoms with Gasteiger partial charge in [0.2, 0.25) is 0 Å².